The summed E-state index contributed by atoms with van der Waals surface area (Å²) in [4.78, 5) is 19.4. The summed E-state index contributed by atoms with van der Waals surface area (Å²) in [6.45, 7) is 3.45. The van der Waals surface area contributed by atoms with Gasteiger partial charge in [-0.25, -0.2) is 0 Å². The Morgan fingerprint density at radius 2 is 2.00 bits per heavy atom. The number of likely N-dealkylation sites (tertiary alicyclic amines) is 1. The van der Waals surface area contributed by atoms with Gasteiger partial charge in [-0.1, -0.05) is 18.2 Å². The van der Waals surface area contributed by atoms with Crippen LogP contribution in [-0.2, 0) is 16.0 Å². The van der Waals surface area contributed by atoms with E-state index in [1.165, 1.54) is 17.4 Å². The molecule has 1 amide bonds. The number of rotatable bonds is 4. The van der Waals surface area contributed by atoms with Crippen LogP contribution in [-0.4, -0.2) is 42.1 Å². The first-order valence-corrected chi connectivity index (χ1v) is 9.97. The van der Waals surface area contributed by atoms with E-state index in [0.717, 1.165) is 57.5 Å². The minimum atomic E-state index is 0.346. The van der Waals surface area contributed by atoms with Crippen molar-refractivity contribution in [3.63, 3.8) is 0 Å². The van der Waals surface area contributed by atoms with Crippen molar-refractivity contribution in [3.8, 4) is 0 Å². The summed E-state index contributed by atoms with van der Waals surface area (Å²) in [7, 11) is 0. The van der Waals surface area contributed by atoms with Gasteiger partial charge in [-0.2, -0.15) is 0 Å². The number of hydrogen-bond acceptors (Lipinski definition) is 3. The van der Waals surface area contributed by atoms with Crippen LogP contribution in [0, 0.1) is 11.8 Å². The highest BCUT2D eigenvalue weighted by Crippen LogP contribution is 2.25. The van der Waals surface area contributed by atoms with E-state index in [1.54, 1.807) is 0 Å². The van der Waals surface area contributed by atoms with Gasteiger partial charge < -0.3 is 9.64 Å². The van der Waals surface area contributed by atoms with Crippen LogP contribution in [0.5, 0.6) is 0 Å². The van der Waals surface area contributed by atoms with Crippen molar-refractivity contribution in [2.24, 2.45) is 11.8 Å². The van der Waals surface area contributed by atoms with Gasteiger partial charge in [-0.05, 0) is 61.6 Å². The summed E-state index contributed by atoms with van der Waals surface area (Å²) >= 11 is 0. The zero-order valence-electron chi connectivity index (χ0n) is 15.4. The SMILES string of the molecule is O=C(CC1CCOCC1)N1CCC[C@H](Cc2cnc3ccccc3c2)C1. The van der Waals surface area contributed by atoms with Crippen molar-refractivity contribution >= 4 is 16.8 Å². The average molecular weight is 352 g/mol. The number of hydrogen-bond donors (Lipinski definition) is 0. The van der Waals surface area contributed by atoms with E-state index < -0.39 is 0 Å². The predicted octanol–water partition coefficient (Wildman–Crippen LogP) is 3.83. The minimum Gasteiger partial charge on any atom is -0.381 e. The monoisotopic (exact) mass is 352 g/mol. The van der Waals surface area contributed by atoms with Gasteiger partial charge in [-0.15, -0.1) is 0 Å². The number of aromatic nitrogens is 1. The molecule has 4 rings (SSSR count). The van der Waals surface area contributed by atoms with Crippen LogP contribution in [0.2, 0.25) is 0 Å². The topological polar surface area (TPSA) is 42.4 Å². The third-order valence-electron chi connectivity index (χ3n) is 5.85. The highest BCUT2D eigenvalue weighted by Gasteiger charge is 2.26. The number of carbonyl (C=O) groups excluding carboxylic acids is 1. The number of benzene rings is 1. The molecule has 0 radical (unpaired) electrons. The molecule has 0 aliphatic carbocycles. The highest BCUT2D eigenvalue weighted by atomic mass is 16.5. The lowest BCUT2D eigenvalue weighted by atomic mass is 9.90. The van der Waals surface area contributed by atoms with Crippen LogP contribution in [0.1, 0.15) is 37.7 Å². The van der Waals surface area contributed by atoms with E-state index >= 15 is 0 Å². The van der Waals surface area contributed by atoms with E-state index in [0.29, 0.717) is 24.2 Å². The van der Waals surface area contributed by atoms with Crippen LogP contribution < -0.4 is 0 Å². The molecule has 0 spiro atoms. The second-order valence-corrected chi connectivity index (χ2v) is 7.85. The second-order valence-electron chi connectivity index (χ2n) is 7.85. The van der Waals surface area contributed by atoms with E-state index in [1.807, 2.05) is 12.3 Å². The third kappa shape index (κ3) is 4.24. The molecule has 2 aromatic rings. The molecule has 0 bridgehead atoms. The van der Waals surface area contributed by atoms with E-state index in [4.69, 9.17) is 4.74 Å². The molecule has 26 heavy (non-hydrogen) atoms. The Labute approximate surface area is 155 Å². The summed E-state index contributed by atoms with van der Waals surface area (Å²) in [6.07, 6.45) is 8.11. The van der Waals surface area contributed by atoms with Crippen LogP contribution in [0.4, 0.5) is 0 Å². The smallest absolute Gasteiger partial charge is 0.222 e. The normalized spacial score (nSPS) is 21.8. The predicted molar refractivity (Wildman–Crippen MR) is 103 cm³/mol. The molecule has 1 atom stereocenters. The minimum absolute atomic E-state index is 0.346. The molecule has 0 N–H and O–H groups in total. The van der Waals surface area contributed by atoms with Gasteiger partial charge in [0.1, 0.15) is 0 Å². The van der Waals surface area contributed by atoms with Crippen LogP contribution in [0.15, 0.2) is 36.5 Å². The molecule has 2 fully saturated rings. The Hall–Kier alpha value is -1.94. The zero-order chi connectivity index (χ0) is 17.8. The summed E-state index contributed by atoms with van der Waals surface area (Å²) in [5.74, 6) is 1.41. The molecule has 3 heterocycles. The molecule has 2 aliphatic rings. The van der Waals surface area contributed by atoms with Crippen molar-refractivity contribution in [3.05, 3.63) is 42.1 Å². The first kappa shape index (κ1) is 17.5. The van der Waals surface area contributed by atoms with Gasteiger partial charge in [0.25, 0.3) is 0 Å². The number of amides is 1. The Morgan fingerprint density at radius 1 is 1.15 bits per heavy atom. The molecule has 1 aromatic carbocycles. The van der Waals surface area contributed by atoms with Crippen LogP contribution in [0.3, 0.4) is 0 Å². The van der Waals surface area contributed by atoms with Gasteiger partial charge in [0.05, 0.1) is 5.52 Å². The molecular weight excluding hydrogens is 324 g/mol. The number of nitrogens with zero attached hydrogens (tertiary/aromatic N) is 2. The number of pyridine rings is 1. The fourth-order valence-electron chi connectivity index (χ4n) is 4.35. The highest BCUT2D eigenvalue weighted by molar-refractivity contribution is 5.78. The van der Waals surface area contributed by atoms with Crippen molar-refractivity contribution in [2.45, 2.75) is 38.5 Å². The lowest BCUT2D eigenvalue weighted by Crippen LogP contribution is -2.41. The quantitative estimate of drug-likeness (QED) is 0.840. The maximum absolute atomic E-state index is 12.7. The summed E-state index contributed by atoms with van der Waals surface area (Å²) in [5, 5.41) is 1.20. The molecule has 2 aliphatic heterocycles. The number of piperidine rings is 1. The van der Waals surface area contributed by atoms with Crippen molar-refractivity contribution < 1.29 is 9.53 Å². The van der Waals surface area contributed by atoms with E-state index in [9.17, 15) is 4.79 Å². The summed E-state index contributed by atoms with van der Waals surface area (Å²) in [6, 6.07) is 10.5. The van der Waals surface area contributed by atoms with Gasteiger partial charge in [-0.3, -0.25) is 9.78 Å². The second kappa shape index (κ2) is 8.17. The van der Waals surface area contributed by atoms with Gasteiger partial charge in [0, 0.05) is 44.3 Å². The molecule has 4 heteroatoms. The van der Waals surface area contributed by atoms with E-state index in [-0.39, 0.29) is 0 Å². The van der Waals surface area contributed by atoms with Crippen LogP contribution in [0.25, 0.3) is 10.9 Å². The molecule has 2 saturated heterocycles. The fourth-order valence-corrected chi connectivity index (χ4v) is 4.35. The molecule has 4 nitrogen and oxygen atoms in total. The molecule has 138 valence electrons. The Balaban J connectivity index is 1.35. The lowest BCUT2D eigenvalue weighted by Gasteiger charge is -2.34. The summed E-state index contributed by atoms with van der Waals surface area (Å²) < 4.78 is 5.41. The first-order valence-electron chi connectivity index (χ1n) is 9.97. The van der Waals surface area contributed by atoms with Gasteiger partial charge in [0.2, 0.25) is 5.91 Å². The number of fused-ring (bicyclic) bond motifs is 1. The Kier molecular flexibility index (Phi) is 5.49. The number of carbonyl (C=O) groups is 1. The lowest BCUT2D eigenvalue weighted by molar-refractivity contribution is -0.134. The standard InChI is InChI=1S/C22H28N2O2/c25-22(14-17-7-10-26-11-8-17)24-9-3-4-18(16-24)12-19-13-20-5-1-2-6-21(20)23-15-19/h1-2,5-6,13,15,17-18H,3-4,7-12,14,16H2/t18-/m1/s1. The average Bonchev–Trinajstić information content (AvgIpc) is 2.69. The van der Waals surface area contributed by atoms with Crippen LogP contribution >= 0.6 is 0 Å². The van der Waals surface area contributed by atoms with Gasteiger partial charge >= 0.3 is 0 Å². The van der Waals surface area contributed by atoms with Crippen molar-refractivity contribution in [1.29, 1.82) is 0 Å². The molecule has 1 aromatic heterocycles. The molecule has 0 saturated carbocycles. The Morgan fingerprint density at radius 3 is 2.88 bits per heavy atom. The zero-order valence-corrected chi connectivity index (χ0v) is 15.4. The van der Waals surface area contributed by atoms with Gasteiger partial charge in [0.15, 0.2) is 0 Å². The molecule has 0 unspecified atom stereocenters. The molecular formula is C22H28N2O2. The number of ether oxygens (including phenoxy) is 1. The maximum Gasteiger partial charge on any atom is 0.222 e. The first-order chi connectivity index (χ1) is 12.8. The summed E-state index contributed by atoms with van der Waals surface area (Å²) in [5.41, 5.74) is 2.33. The maximum atomic E-state index is 12.7. The largest absolute Gasteiger partial charge is 0.381 e. The van der Waals surface area contributed by atoms with Crippen molar-refractivity contribution in [1.82, 2.24) is 9.88 Å². The Bertz CT molecular complexity index is 755. The number of para-hydroxylation sites is 1. The third-order valence-corrected chi connectivity index (χ3v) is 5.85. The van der Waals surface area contributed by atoms with E-state index in [2.05, 4.69) is 34.1 Å². The fraction of sp³-hybridized carbons (Fsp3) is 0.545. The van der Waals surface area contributed by atoms with Crippen molar-refractivity contribution in [2.75, 3.05) is 26.3 Å².